The Balaban J connectivity index is 3.83. The molecule has 0 fully saturated rings. The van der Waals surface area contributed by atoms with Crippen molar-refractivity contribution in [3.8, 4) is 0 Å². The van der Waals surface area contributed by atoms with E-state index in [2.05, 4.69) is 31.2 Å². The monoisotopic (exact) mass is 243 g/mol. The number of hydrogen-bond donors (Lipinski definition) is 2. The number of rotatable bonds is 12. The van der Waals surface area contributed by atoms with Gasteiger partial charge in [0.2, 0.25) is 0 Å². The van der Waals surface area contributed by atoms with Gasteiger partial charge < -0.3 is 5.73 Å². The third-order valence-electron chi connectivity index (χ3n) is 3.31. The van der Waals surface area contributed by atoms with Gasteiger partial charge >= 0.3 is 0 Å². The van der Waals surface area contributed by atoms with E-state index in [1.165, 1.54) is 51.4 Å². The molecular weight excluding hydrogens is 210 g/mol. The van der Waals surface area contributed by atoms with E-state index in [-0.39, 0.29) is 0 Å². The summed E-state index contributed by atoms with van der Waals surface area (Å²) in [5.74, 6) is 0. The molecule has 3 nitrogen and oxygen atoms in total. The summed E-state index contributed by atoms with van der Waals surface area (Å²) < 4.78 is 0. The van der Waals surface area contributed by atoms with E-state index in [0.29, 0.717) is 12.7 Å². The van der Waals surface area contributed by atoms with Crippen LogP contribution in [0.4, 0.5) is 0 Å². The van der Waals surface area contributed by atoms with Gasteiger partial charge in [-0.15, -0.1) is 0 Å². The molecular formula is C14H33N3. The molecule has 17 heavy (non-hydrogen) atoms. The van der Waals surface area contributed by atoms with Crippen molar-refractivity contribution >= 4 is 0 Å². The smallest absolute Gasteiger partial charge is 0.0567 e. The van der Waals surface area contributed by atoms with E-state index in [4.69, 9.17) is 5.73 Å². The van der Waals surface area contributed by atoms with E-state index < -0.39 is 0 Å². The first-order valence-corrected chi connectivity index (χ1v) is 7.50. The van der Waals surface area contributed by atoms with Crippen LogP contribution in [0.1, 0.15) is 72.1 Å². The topological polar surface area (TPSA) is 41.3 Å². The Kier molecular flexibility index (Phi) is 12.3. The second-order valence-corrected chi connectivity index (χ2v) is 4.82. The fourth-order valence-electron chi connectivity index (χ4n) is 2.31. The van der Waals surface area contributed by atoms with Gasteiger partial charge in [-0.25, -0.2) is 10.4 Å². The van der Waals surface area contributed by atoms with Gasteiger partial charge in [-0.3, -0.25) is 0 Å². The van der Waals surface area contributed by atoms with Crippen molar-refractivity contribution < 1.29 is 0 Å². The number of hydrazine groups is 1. The lowest BCUT2D eigenvalue weighted by atomic mass is 10.0. The molecule has 0 rings (SSSR count). The number of unbranched alkanes of at least 4 members (excludes halogenated alkanes) is 4. The van der Waals surface area contributed by atoms with Gasteiger partial charge in [0.25, 0.3) is 0 Å². The van der Waals surface area contributed by atoms with E-state index in [1.807, 2.05) is 0 Å². The second-order valence-electron chi connectivity index (χ2n) is 4.82. The molecule has 0 aromatic rings. The highest BCUT2D eigenvalue weighted by Gasteiger charge is 2.14. The molecule has 0 aromatic carbocycles. The molecule has 0 saturated carbocycles. The van der Waals surface area contributed by atoms with Crippen LogP contribution in [0.3, 0.4) is 0 Å². The van der Waals surface area contributed by atoms with Gasteiger partial charge in [-0.1, -0.05) is 52.9 Å². The van der Waals surface area contributed by atoms with Crippen LogP contribution in [0.2, 0.25) is 0 Å². The van der Waals surface area contributed by atoms with Crippen LogP contribution in [0.25, 0.3) is 0 Å². The first-order valence-electron chi connectivity index (χ1n) is 7.50. The maximum atomic E-state index is 5.59. The summed E-state index contributed by atoms with van der Waals surface area (Å²) in [6.45, 7) is 8.41. The lowest BCUT2D eigenvalue weighted by Crippen LogP contribution is -2.48. The Labute approximate surface area is 108 Å². The SMILES string of the molecule is CCCCCCCC(CC)N(CCC)NCN. The summed E-state index contributed by atoms with van der Waals surface area (Å²) in [4.78, 5) is 0. The predicted molar refractivity (Wildman–Crippen MR) is 76.6 cm³/mol. The molecule has 0 aliphatic heterocycles. The first-order chi connectivity index (χ1) is 8.29. The van der Waals surface area contributed by atoms with E-state index in [0.717, 1.165) is 6.54 Å². The average molecular weight is 243 g/mol. The number of nitrogens with one attached hydrogen (secondary N) is 1. The molecule has 0 amide bonds. The van der Waals surface area contributed by atoms with E-state index in [1.54, 1.807) is 0 Å². The van der Waals surface area contributed by atoms with Crippen LogP contribution in [-0.2, 0) is 0 Å². The quantitative estimate of drug-likeness (QED) is 0.314. The van der Waals surface area contributed by atoms with Crippen molar-refractivity contribution in [1.82, 2.24) is 10.4 Å². The summed E-state index contributed by atoms with van der Waals surface area (Å²) in [6, 6.07) is 0.653. The molecule has 1 atom stereocenters. The highest BCUT2D eigenvalue weighted by Crippen LogP contribution is 2.13. The normalized spacial score (nSPS) is 13.2. The lowest BCUT2D eigenvalue weighted by Gasteiger charge is -2.31. The van der Waals surface area contributed by atoms with Crippen LogP contribution >= 0.6 is 0 Å². The minimum Gasteiger partial charge on any atom is -0.317 e. The van der Waals surface area contributed by atoms with Crippen molar-refractivity contribution in [2.75, 3.05) is 13.2 Å². The van der Waals surface area contributed by atoms with Crippen LogP contribution in [0.5, 0.6) is 0 Å². The fourth-order valence-corrected chi connectivity index (χ4v) is 2.31. The second kappa shape index (κ2) is 12.3. The summed E-state index contributed by atoms with van der Waals surface area (Å²) in [5, 5.41) is 2.35. The van der Waals surface area contributed by atoms with Gasteiger partial charge in [0.05, 0.1) is 6.67 Å². The molecule has 0 spiro atoms. The zero-order valence-corrected chi connectivity index (χ0v) is 12.2. The van der Waals surface area contributed by atoms with E-state index >= 15 is 0 Å². The molecule has 0 aliphatic carbocycles. The number of nitrogens with zero attached hydrogens (tertiary/aromatic N) is 1. The molecule has 0 radical (unpaired) electrons. The highest BCUT2D eigenvalue weighted by atomic mass is 15.5. The third kappa shape index (κ3) is 8.58. The predicted octanol–water partition coefficient (Wildman–Crippen LogP) is 3.26. The molecule has 104 valence electrons. The van der Waals surface area contributed by atoms with Crippen LogP contribution < -0.4 is 11.2 Å². The summed E-state index contributed by atoms with van der Waals surface area (Å²) in [6.07, 6.45) is 10.5. The summed E-state index contributed by atoms with van der Waals surface area (Å²) >= 11 is 0. The van der Waals surface area contributed by atoms with Crippen molar-refractivity contribution in [3.63, 3.8) is 0 Å². The largest absolute Gasteiger partial charge is 0.317 e. The van der Waals surface area contributed by atoms with E-state index in [9.17, 15) is 0 Å². The molecule has 0 aliphatic rings. The molecule has 3 N–H and O–H groups in total. The maximum absolute atomic E-state index is 5.59. The van der Waals surface area contributed by atoms with Crippen LogP contribution in [0, 0.1) is 0 Å². The van der Waals surface area contributed by atoms with Gasteiger partial charge in [0.1, 0.15) is 0 Å². The standard InChI is InChI=1S/C14H33N3/c1-4-7-8-9-10-11-14(6-3)17(12-5-2)16-13-15/h14,16H,4-13,15H2,1-3H3. The summed E-state index contributed by atoms with van der Waals surface area (Å²) in [7, 11) is 0. The van der Waals surface area contributed by atoms with Crippen molar-refractivity contribution in [2.24, 2.45) is 5.73 Å². The Morgan fingerprint density at radius 1 is 1.00 bits per heavy atom. The zero-order chi connectivity index (χ0) is 12.9. The molecule has 1 unspecified atom stereocenters. The summed E-state index contributed by atoms with van der Waals surface area (Å²) in [5.41, 5.74) is 8.89. The molecule has 0 saturated heterocycles. The minimum atomic E-state index is 0.548. The lowest BCUT2D eigenvalue weighted by molar-refractivity contribution is 0.112. The average Bonchev–Trinajstić information content (AvgIpc) is 2.34. The van der Waals surface area contributed by atoms with Crippen molar-refractivity contribution in [1.29, 1.82) is 0 Å². The van der Waals surface area contributed by atoms with Crippen molar-refractivity contribution in [3.05, 3.63) is 0 Å². The third-order valence-corrected chi connectivity index (χ3v) is 3.31. The minimum absolute atomic E-state index is 0.548. The van der Waals surface area contributed by atoms with Crippen LogP contribution in [-0.4, -0.2) is 24.3 Å². The Bertz CT molecular complexity index is 144. The number of hydrogen-bond acceptors (Lipinski definition) is 3. The molecule has 3 heteroatoms. The first kappa shape index (κ1) is 16.9. The highest BCUT2D eigenvalue weighted by molar-refractivity contribution is 4.67. The molecule has 0 bridgehead atoms. The fraction of sp³-hybridized carbons (Fsp3) is 1.00. The Morgan fingerprint density at radius 2 is 1.71 bits per heavy atom. The van der Waals surface area contributed by atoms with Gasteiger partial charge in [-0.05, 0) is 19.3 Å². The van der Waals surface area contributed by atoms with Gasteiger partial charge in [-0.2, -0.15) is 0 Å². The number of nitrogens with two attached hydrogens (primary N) is 1. The zero-order valence-electron chi connectivity index (χ0n) is 12.2. The van der Waals surface area contributed by atoms with Gasteiger partial charge in [0, 0.05) is 12.6 Å². The van der Waals surface area contributed by atoms with Gasteiger partial charge in [0.15, 0.2) is 0 Å². The molecule has 0 heterocycles. The Morgan fingerprint density at radius 3 is 2.24 bits per heavy atom. The molecule has 0 aromatic heterocycles. The Hall–Kier alpha value is -0.120. The maximum Gasteiger partial charge on any atom is 0.0567 e. The van der Waals surface area contributed by atoms with Crippen LogP contribution in [0.15, 0.2) is 0 Å². The van der Waals surface area contributed by atoms with Crippen molar-refractivity contribution in [2.45, 2.75) is 78.2 Å².